The Bertz CT molecular complexity index is 791. The van der Waals surface area contributed by atoms with Gasteiger partial charge in [-0.1, -0.05) is 13.8 Å². The van der Waals surface area contributed by atoms with Crippen LogP contribution in [0.2, 0.25) is 0 Å². The summed E-state index contributed by atoms with van der Waals surface area (Å²) in [6, 6.07) is 0.331. The first kappa shape index (κ1) is 20.8. The molecule has 4 aliphatic carbocycles. The molecule has 0 aromatic rings. The predicted molar refractivity (Wildman–Crippen MR) is 119 cm³/mol. The second-order valence-electron chi connectivity index (χ2n) is 13.0. The Morgan fingerprint density at radius 3 is 2.52 bits per heavy atom. The third-order valence-corrected chi connectivity index (χ3v) is 11.7. The Hall–Kier alpha value is -0.740. The van der Waals surface area contributed by atoms with Gasteiger partial charge in [-0.05, 0) is 92.3 Å². The summed E-state index contributed by atoms with van der Waals surface area (Å²) in [6.07, 6.45) is 8.75. The highest BCUT2D eigenvalue weighted by atomic mass is 16.3. The van der Waals surface area contributed by atoms with Gasteiger partial charge in [-0.2, -0.15) is 0 Å². The van der Waals surface area contributed by atoms with Crippen molar-refractivity contribution in [2.24, 2.45) is 52.8 Å². The standard InChI is InChI=1S/C27H41NO3/c1-15-4-7-25-27(3,31)21-6-5-17-18(20(21)14-28(25)13-15)11-22-19(17)12-24(30)23-10-16(29)8-9-26(22,23)2/h15,17-23,25,31H,4-14H2,1-3H3/t15-,17-,18-,19+,20+,21+,22+,23-,25+,26-,27+/m1/s1. The van der Waals surface area contributed by atoms with Crippen LogP contribution in [0.5, 0.6) is 0 Å². The minimum absolute atomic E-state index is 0.0206. The van der Waals surface area contributed by atoms with Crippen LogP contribution in [0.1, 0.15) is 78.6 Å². The molecule has 6 fully saturated rings. The number of hydrogen-bond acceptors (Lipinski definition) is 4. The molecule has 2 saturated heterocycles. The quantitative estimate of drug-likeness (QED) is 0.632. The third-order valence-electron chi connectivity index (χ3n) is 11.7. The lowest BCUT2D eigenvalue weighted by atomic mass is 9.52. The van der Waals surface area contributed by atoms with E-state index >= 15 is 0 Å². The predicted octanol–water partition coefficient (Wildman–Crippen LogP) is 4.09. The molecule has 4 saturated carbocycles. The fraction of sp³-hybridized carbons (Fsp3) is 0.926. The number of carbonyl (C=O) groups excluding carboxylic acids is 2. The van der Waals surface area contributed by atoms with Crippen LogP contribution >= 0.6 is 0 Å². The molecule has 0 radical (unpaired) electrons. The lowest BCUT2D eigenvalue weighted by molar-refractivity contribution is -0.175. The Balaban J connectivity index is 1.31. The van der Waals surface area contributed by atoms with E-state index in [2.05, 4.69) is 25.7 Å². The SMILES string of the molecule is C[C@@H]1CC[C@@H]2N(C1)C[C@H]1[C@@H]3C[C@H]4[C@@H](CC(=O)[C@H]5CC(=O)CC[C@@]54C)[C@@H]3CC[C@@H]1[C@]2(C)O. The summed E-state index contributed by atoms with van der Waals surface area (Å²) in [7, 11) is 0. The van der Waals surface area contributed by atoms with E-state index < -0.39 is 5.60 Å². The summed E-state index contributed by atoms with van der Waals surface area (Å²) in [5.74, 6) is 4.81. The summed E-state index contributed by atoms with van der Waals surface area (Å²) in [4.78, 5) is 28.0. The number of Topliss-reactive ketones (excluding diaryl/α,β-unsaturated/α-hetero) is 2. The minimum Gasteiger partial charge on any atom is -0.388 e. The van der Waals surface area contributed by atoms with Crippen LogP contribution in [0.4, 0.5) is 0 Å². The molecule has 4 nitrogen and oxygen atoms in total. The van der Waals surface area contributed by atoms with E-state index in [1.165, 1.54) is 19.3 Å². The van der Waals surface area contributed by atoms with Crippen molar-refractivity contribution >= 4 is 11.6 Å². The number of fused-ring (bicyclic) bond motifs is 8. The molecule has 2 aliphatic heterocycles. The smallest absolute Gasteiger partial charge is 0.137 e. The summed E-state index contributed by atoms with van der Waals surface area (Å²) in [5, 5.41) is 11.8. The van der Waals surface area contributed by atoms with Crippen molar-refractivity contribution < 1.29 is 14.7 Å². The van der Waals surface area contributed by atoms with Crippen molar-refractivity contribution in [3.05, 3.63) is 0 Å². The van der Waals surface area contributed by atoms with Gasteiger partial charge in [0.05, 0.1) is 5.60 Å². The summed E-state index contributed by atoms with van der Waals surface area (Å²) in [6.45, 7) is 9.15. The third kappa shape index (κ3) is 2.86. The molecule has 11 atom stereocenters. The highest BCUT2D eigenvalue weighted by molar-refractivity contribution is 5.90. The maximum atomic E-state index is 13.2. The summed E-state index contributed by atoms with van der Waals surface area (Å²) < 4.78 is 0. The van der Waals surface area contributed by atoms with Gasteiger partial charge in [0.1, 0.15) is 11.6 Å². The zero-order valence-electron chi connectivity index (χ0n) is 19.7. The largest absolute Gasteiger partial charge is 0.388 e. The van der Waals surface area contributed by atoms with Crippen LogP contribution in [-0.2, 0) is 9.59 Å². The summed E-state index contributed by atoms with van der Waals surface area (Å²) >= 11 is 0. The fourth-order valence-electron chi connectivity index (χ4n) is 10.2. The molecule has 0 bridgehead atoms. The van der Waals surface area contributed by atoms with E-state index in [1.807, 2.05) is 0 Å². The first-order chi connectivity index (χ1) is 14.7. The monoisotopic (exact) mass is 427 g/mol. The normalized spacial score (nSPS) is 56.8. The topological polar surface area (TPSA) is 57.6 Å². The molecule has 2 heterocycles. The summed E-state index contributed by atoms with van der Waals surface area (Å²) in [5.41, 5.74) is -0.554. The molecular weight excluding hydrogens is 386 g/mol. The Kier molecular flexibility index (Phi) is 4.63. The van der Waals surface area contributed by atoms with Crippen LogP contribution in [0.15, 0.2) is 0 Å². The number of rotatable bonds is 0. The van der Waals surface area contributed by atoms with Crippen molar-refractivity contribution in [3.8, 4) is 0 Å². The van der Waals surface area contributed by atoms with E-state index in [-0.39, 0.29) is 11.3 Å². The van der Waals surface area contributed by atoms with Crippen molar-refractivity contribution in [2.45, 2.75) is 90.2 Å². The number of ketones is 2. The van der Waals surface area contributed by atoms with Gasteiger partial charge in [0.15, 0.2) is 0 Å². The minimum atomic E-state index is -0.582. The van der Waals surface area contributed by atoms with Crippen molar-refractivity contribution in [1.82, 2.24) is 4.90 Å². The maximum Gasteiger partial charge on any atom is 0.137 e. The molecule has 6 aliphatic rings. The fourth-order valence-corrected chi connectivity index (χ4v) is 10.2. The highest BCUT2D eigenvalue weighted by Crippen LogP contribution is 2.66. The van der Waals surface area contributed by atoms with Gasteiger partial charge >= 0.3 is 0 Å². The van der Waals surface area contributed by atoms with Crippen LogP contribution in [-0.4, -0.2) is 46.3 Å². The zero-order chi connectivity index (χ0) is 21.7. The second-order valence-corrected chi connectivity index (χ2v) is 13.0. The number of aliphatic hydroxyl groups is 1. The zero-order valence-corrected chi connectivity index (χ0v) is 19.7. The number of hydrogen-bond donors (Lipinski definition) is 1. The average Bonchev–Trinajstić information content (AvgIpc) is 3.09. The molecular formula is C27H41NO3. The van der Waals surface area contributed by atoms with Gasteiger partial charge in [-0.15, -0.1) is 0 Å². The van der Waals surface area contributed by atoms with Gasteiger partial charge in [0.2, 0.25) is 0 Å². The molecule has 4 heteroatoms. The molecule has 0 aromatic heterocycles. The van der Waals surface area contributed by atoms with E-state index in [0.29, 0.717) is 66.0 Å². The van der Waals surface area contributed by atoms with Crippen LogP contribution < -0.4 is 0 Å². The maximum absolute atomic E-state index is 13.2. The van der Waals surface area contributed by atoms with Gasteiger partial charge in [-0.3, -0.25) is 14.5 Å². The highest BCUT2D eigenvalue weighted by Gasteiger charge is 2.64. The first-order valence-electron chi connectivity index (χ1n) is 13.2. The number of piperidine rings is 2. The molecule has 172 valence electrons. The number of nitrogens with zero attached hydrogens (tertiary/aromatic N) is 1. The van der Waals surface area contributed by atoms with Gasteiger partial charge in [0, 0.05) is 44.3 Å². The van der Waals surface area contributed by atoms with E-state index in [0.717, 1.165) is 44.7 Å². The van der Waals surface area contributed by atoms with E-state index in [1.54, 1.807) is 0 Å². The average molecular weight is 428 g/mol. The molecule has 0 aromatic carbocycles. The lowest BCUT2D eigenvalue weighted by Crippen LogP contribution is -2.67. The van der Waals surface area contributed by atoms with Gasteiger partial charge in [-0.25, -0.2) is 0 Å². The van der Waals surface area contributed by atoms with Crippen molar-refractivity contribution in [2.75, 3.05) is 13.1 Å². The second kappa shape index (κ2) is 6.88. The molecule has 1 N–H and O–H groups in total. The molecule has 0 amide bonds. The molecule has 6 rings (SSSR count). The van der Waals surface area contributed by atoms with Crippen molar-refractivity contribution in [3.63, 3.8) is 0 Å². The van der Waals surface area contributed by atoms with Crippen molar-refractivity contribution in [1.29, 1.82) is 0 Å². The Morgan fingerprint density at radius 2 is 1.71 bits per heavy atom. The van der Waals surface area contributed by atoms with Crippen LogP contribution in [0.25, 0.3) is 0 Å². The van der Waals surface area contributed by atoms with Gasteiger partial charge in [0.25, 0.3) is 0 Å². The van der Waals surface area contributed by atoms with Crippen LogP contribution in [0, 0.1) is 52.8 Å². The number of carbonyl (C=O) groups is 2. The van der Waals surface area contributed by atoms with Gasteiger partial charge < -0.3 is 5.11 Å². The molecule has 0 unspecified atom stereocenters. The first-order valence-corrected chi connectivity index (χ1v) is 13.2. The molecule has 0 spiro atoms. The van der Waals surface area contributed by atoms with E-state index in [4.69, 9.17) is 0 Å². The Morgan fingerprint density at radius 1 is 0.903 bits per heavy atom. The molecule has 31 heavy (non-hydrogen) atoms. The Labute approximate surface area is 187 Å². The lowest BCUT2D eigenvalue weighted by Gasteiger charge is -2.59. The van der Waals surface area contributed by atoms with E-state index in [9.17, 15) is 14.7 Å². The van der Waals surface area contributed by atoms with Crippen LogP contribution in [0.3, 0.4) is 0 Å².